The summed E-state index contributed by atoms with van der Waals surface area (Å²) >= 11 is 0. The second kappa shape index (κ2) is 7.29. The van der Waals surface area contributed by atoms with Gasteiger partial charge in [-0.05, 0) is 80.5 Å². The Balaban J connectivity index is 1.12. The summed E-state index contributed by atoms with van der Waals surface area (Å²) in [6, 6.07) is 6.44. The first-order valence-electron chi connectivity index (χ1n) is 11.0. The summed E-state index contributed by atoms with van der Waals surface area (Å²) in [5.74, 6) is 1.57. The molecule has 6 rings (SSSR count). The Kier molecular flexibility index (Phi) is 4.75. The quantitative estimate of drug-likeness (QED) is 0.728. The molecule has 29 heavy (non-hydrogen) atoms. The zero-order chi connectivity index (χ0) is 20.0. The van der Waals surface area contributed by atoms with Crippen LogP contribution in [0.3, 0.4) is 0 Å². The summed E-state index contributed by atoms with van der Waals surface area (Å²) in [5, 5.41) is 0. The van der Waals surface area contributed by atoms with Crippen LogP contribution in [-0.2, 0) is 14.3 Å². The van der Waals surface area contributed by atoms with Gasteiger partial charge in [0.2, 0.25) is 0 Å². The van der Waals surface area contributed by atoms with Gasteiger partial charge in [0.05, 0.1) is 5.41 Å². The molecule has 1 aromatic carbocycles. The fraction of sp³-hybridized carbons (Fsp3) is 0.652. The van der Waals surface area contributed by atoms with Crippen molar-refractivity contribution in [3.05, 3.63) is 30.1 Å². The van der Waals surface area contributed by atoms with E-state index in [9.17, 15) is 14.0 Å². The highest BCUT2D eigenvalue weighted by Crippen LogP contribution is 2.60. The van der Waals surface area contributed by atoms with Gasteiger partial charge in [-0.25, -0.2) is 4.39 Å². The van der Waals surface area contributed by atoms with E-state index in [-0.39, 0.29) is 29.7 Å². The summed E-state index contributed by atoms with van der Waals surface area (Å²) in [6.07, 6.45) is 6.73. The average molecular weight is 400 g/mol. The van der Waals surface area contributed by atoms with E-state index >= 15 is 0 Å². The van der Waals surface area contributed by atoms with Gasteiger partial charge >= 0.3 is 5.97 Å². The molecule has 4 aliphatic carbocycles. The second-order valence-corrected chi connectivity index (χ2v) is 9.62. The molecule has 1 saturated heterocycles. The molecule has 5 nitrogen and oxygen atoms in total. The maximum Gasteiger partial charge on any atom is 0.312 e. The van der Waals surface area contributed by atoms with Gasteiger partial charge in [-0.2, -0.15) is 0 Å². The second-order valence-electron chi connectivity index (χ2n) is 9.62. The molecule has 4 bridgehead atoms. The van der Waals surface area contributed by atoms with Crippen molar-refractivity contribution in [2.45, 2.75) is 38.5 Å². The molecule has 0 atom stereocenters. The van der Waals surface area contributed by atoms with Gasteiger partial charge in [0.25, 0.3) is 5.91 Å². The number of carbonyl (C=O) groups is 2. The van der Waals surface area contributed by atoms with E-state index in [1.807, 2.05) is 0 Å². The van der Waals surface area contributed by atoms with Crippen molar-refractivity contribution in [1.29, 1.82) is 0 Å². The van der Waals surface area contributed by atoms with Gasteiger partial charge < -0.3 is 14.5 Å². The highest BCUT2D eigenvalue weighted by atomic mass is 19.1. The Bertz CT molecular complexity index is 751. The van der Waals surface area contributed by atoms with E-state index in [1.165, 1.54) is 31.4 Å². The molecule has 156 valence electrons. The van der Waals surface area contributed by atoms with Crippen molar-refractivity contribution < 1.29 is 18.7 Å². The van der Waals surface area contributed by atoms with E-state index < -0.39 is 0 Å². The van der Waals surface area contributed by atoms with E-state index in [1.54, 1.807) is 17.0 Å². The number of anilines is 1. The minimum atomic E-state index is -0.309. The molecule has 4 saturated carbocycles. The van der Waals surface area contributed by atoms with Crippen molar-refractivity contribution in [3.63, 3.8) is 0 Å². The number of hydrogen-bond donors (Lipinski definition) is 0. The highest BCUT2D eigenvalue weighted by molar-refractivity contribution is 5.83. The normalized spacial score (nSPS) is 33.1. The molecule has 6 heteroatoms. The fourth-order valence-electron chi connectivity index (χ4n) is 6.60. The molecular formula is C23H29FN2O3. The predicted octanol–water partition coefficient (Wildman–Crippen LogP) is 3.23. The molecule has 0 spiro atoms. The number of ether oxygens (including phenoxy) is 1. The number of benzene rings is 1. The summed E-state index contributed by atoms with van der Waals surface area (Å²) in [6.45, 7) is 2.42. The Morgan fingerprint density at radius 3 is 2.03 bits per heavy atom. The first-order chi connectivity index (χ1) is 14.0. The lowest BCUT2D eigenvalue weighted by atomic mass is 9.49. The number of halogens is 1. The lowest BCUT2D eigenvalue weighted by Gasteiger charge is -2.55. The summed E-state index contributed by atoms with van der Waals surface area (Å²) < 4.78 is 18.7. The van der Waals surface area contributed by atoms with E-state index in [0.717, 1.165) is 24.9 Å². The van der Waals surface area contributed by atoms with Gasteiger partial charge in [0, 0.05) is 31.9 Å². The third-order valence-corrected chi connectivity index (χ3v) is 7.62. The molecule has 0 unspecified atom stereocenters. The third kappa shape index (κ3) is 3.62. The SMILES string of the molecule is O=C(COC(=O)C12CC3CC(CC(C3)C1)C2)N1CCN(c2ccc(F)cc2)CC1. The van der Waals surface area contributed by atoms with Crippen LogP contribution in [0.25, 0.3) is 0 Å². The van der Waals surface area contributed by atoms with Gasteiger partial charge in [-0.1, -0.05) is 0 Å². The molecule has 1 aromatic rings. The smallest absolute Gasteiger partial charge is 0.312 e. The lowest BCUT2D eigenvalue weighted by Crippen LogP contribution is -2.52. The number of amides is 1. The molecule has 0 aromatic heterocycles. The van der Waals surface area contributed by atoms with E-state index in [2.05, 4.69) is 4.90 Å². The van der Waals surface area contributed by atoms with Crippen molar-refractivity contribution in [2.75, 3.05) is 37.7 Å². The first kappa shape index (κ1) is 18.9. The number of carbonyl (C=O) groups excluding carboxylic acids is 2. The number of rotatable bonds is 4. The zero-order valence-electron chi connectivity index (χ0n) is 16.8. The van der Waals surface area contributed by atoms with Crippen molar-refractivity contribution in [2.24, 2.45) is 23.2 Å². The van der Waals surface area contributed by atoms with Crippen LogP contribution < -0.4 is 4.90 Å². The number of hydrogen-bond acceptors (Lipinski definition) is 4. The molecule has 0 N–H and O–H groups in total. The third-order valence-electron chi connectivity index (χ3n) is 7.62. The van der Waals surface area contributed by atoms with Crippen LogP contribution in [0.15, 0.2) is 24.3 Å². The molecule has 0 radical (unpaired) electrons. The molecule has 5 aliphatic rings. The molecule has 5 fully saturated rings. The van der Waals surface area contributed by atoms with Crippen molar-refractivity contribution in [3.8, 4) is 0 Å². The Morgan fingerprint density at radius 1 is 0.931 bits per heavy atom. The number of esters is 1. The Labute approximate surface area is 171 Å². The van der Waals surface area contributed by atoms with Crippen LogP contribution in [0.2, 0.25) is 0 Å². The molecule has 1 amide bonds. The minimum absolute atomic E-state index is 0.109. The monoisotopic (exact) mass is 400 g/mol. The zero-order valence-corrected chi connectivity index (χ0v) is 16.8. The summed E-state index contributed by atoms with van der Waals surface area (Å²) in [4.78, 5) is 29.4. The highest BCUT2D eigenvalue weighted by Gasteiger charge is 2.55. The van der Waals surface area contributed by atoms with Crippen LogP contribution in [-0.4, -0.2) is 49.6 Å². The Morgan fingerprint density at radius 2 is 1.48 bits per heavy atom. The maximum atomic E-state index is 13.1. The van der Waals surface area contributed by atoms with E-state index in [4.69, 9.17) is 4.74 Å². The minimum Gasteiger partial charge on any atom is -0.455 e. The van der Waals surface area contributed by atoms with Gasteiger partial charge in [0.1, 0.15) is 5.82 Å². The predicted molar refractivity (Wildman–Crippen MR) is 107 cm³/mol. The standard InChI is InChI=1S/C23H29FN2O3/c24-19-1-3-20(4-2-19)25-5-7-26(8-6-25)21(27)15-29-22(28)23-12-16-9-17(13-23)11-18(10-16)14-23/h1-4,16-18H,5-15H2. The maximum absolute atomic E-state index is 13.1. The number of nitrogens with zero attached hydrogens (tertiary/aromatic N) is 2. The van der Waals surface area contributed by atoms with Crippen LogP contribution in [0.5, 0.6) is 0 Å². The molecule has 1 heterocycles. The number of piperazine rings is 1. The van der Waals surface area contributed by atoms with Gasteiger partial charge in [-0.15, -0.1) is 0 Å². The lowest BCUT2D eigenvalue weighted by molar-refractivity contribution is -0.174. The summed E-state index contributed by atoms with van der Waals surface area (Å²) in [5.41, 5.74) is 0.655. The molecule has 1 aliphatic heterocycles. The van der Waals surface area contributed by atoms with E-state index in [0.29, 0.717) is 43.9 Å². The van der Waals surface area contributed by atoms with Crippen LogP contribution in [0, 0.1) is 29.0 Å². The first-order valence-corrected chi connectivity index (χ1v) is 11.0. The van der Waals surface area contributed by atoms with Crippen molar-refractivity contribution >= 4 is 17.6 Å². The van der Waals surface area contributed by atoms with Gasteiger partial charge in [-0.3, -0.25) is 9.59 Å². The van der Waals surface area contributed by atoms with Crippen LogP contribution in [0.4, 0.5) is 10.1 Å². The topological polar surface area (TPSA) is 49.9 Å². The molecular weight excluding hydrogens is 371 g/mol. The van der Waals surface area contributed by atoms with Crippen molar-refractivity contribution in [1.82, 2.24) is 4.90 Å². The van der Waals surface area contributed by atoms with Crippen LogP contribution in [0.1, 0.15) is 38.5 Å². The fourth-order valence-corrected chi connectivity index (χ4v) is 6.60. The van der Waals surface area contributed by atoms with Crippen LogP contribution >= 0.6 is 0 Å². The largest absolute Gasteiger partial charge is 0.455 e. The summed E-state index contributed by atoms with van der Waals surface area (Å²) in [7, 11) is 0. The van der Waals surface area contributed by atoms with Gasteiger partial charge in [0.15, 0.2) is 6.61 Å². The average Bonchev–Trinajstić information content (AvgIpc) is 2.71. The Hall–Kier alpha value is -2.11.